The standard InChI is InChI=1S/C15H19NO2/c17-14-7-9-18-15-6-8-16(11-13(14)15)10-12-4-2-1-3-5-12/h1-5,13,15H,6-11H2. The molecule has 0 spiro atoms. The molecule has 18 heavy (non-hydrogen) atoms. The molecule has 2 fully saturated rings. The maximum Gasteiger partial charge on any atom is 0.142 e. The van der Waals surface area contributed by atoms with Crippen molar-refractivity contribution in [3.05, 3.63) is 35.9 Å². The summed E-state index contributed by atoms with van der Waals surface area (Å²) in [6.07, 6.45) is 1.77. The summed E-state index contributed by atoms with van der Waals surface area (Å²) in [6, 6.07) is 10.5. The second-order valence-electron chi connectivity index (χ2n) is 5.24. The van der Waals surface area contributed by atoms with E-state index in [0.717, 1.165) is 26.1 Å². The predicted octanol–water partition coefficient (Wildman–Crippen LogP) is 1.87. The summed E-state index contributed by atoms with van der Waals surface area (Å²) < 4.78 is 5.70. The first-order chi connectivity index (χ1) is 8.83. The normalized spacial score (nSPS) is 29.0. The van der Waals surface area contributed by atoms with Crippen LogP contribution in [0.4, 0.5) is 0 Å². The number of ether oxygens (including phenoxy) is 1. The molecule has 96 valence electrons. The van der Waals surface area contributed by atoms with Crippen molar-refractivity contribution in [2.75, 3.05) is 19.7 Å². The lowest BCUT2D eigenvalue weighted by Crippen LogP contribution is -2.49. The van der Waals surface area contributed by atoms with Crippen molar-refractivity contribution in [3.8, 4) is 0 Å². The second kappa shape index (κ2) is 5.21. The van der Waals surface area contributed by atoms with E-state index in [4.69, 9.17) is 4.74 Å². The van der Waals surface area contributed by atoms with Gasteiger partial charge in [-0.1, -0.05) is 30.3 Å². The number of nitrogens with zero attached hydrogens (tertiary/aromatic N) is 1. The molecule has 0 bridgehead atoms. The molecule has 3 heteroatoms. The Kier molecular flexibility index (Phi) is 3.43. The molecular formula is C15H19NO2. The van der Waals surface area contributed by atoms with E-state index < -0.39 is 0 Å². The van der Waals surface area contributed by atoms with Gasteiger partial charge in [-0.2, -0.15) is 0 Å². The molecule has 0 amide bonds. The lowest BCUT2D eigenvalue weighted by atomic mass is 9.87. The summed E-state index contributed by atoms with van der Waals surface area (Å²) in [5, 5.41) is 0. The topological polar surface area (TPSA) is 29.5 Å². The Hall–Kier alpha value is -1.19. The van der Waals surface area contributed by atoms with Gasteiger partial charge in [0, 0.05) is 26.1 Å². The van der Waals surface area contributed by atoms with Crippen LogP contribution in [0.15, 0.2) is 30.3 Å². The fourth-order valence-corrected chi connectivity index (χ4v) is 2.99. The number of fused-ring (bicyclic) bond motifs is 1. The molecule has 0 aromatic heterocycles. The number of hydrogen-bond donors (Lipinski definition) is 0. The number of benzene rings is 1. The van der Waals surface area contributed by atoms with Crippen molar-refractivity contribution in [1.29, 1.82) is 0 Å². The summed E-state index contributed by atoms with van der Waals surface area (Å²) in [6.45, 7) is 3.46. The number of rotatable bonds is 2. The quantitative estimate of drug-likeness (QED) is 0.796. The largest absolute Gasteiger partial charge is 0.377 e. The van der Waals surface area contributed by atoms with Gasteiger partial charge in [0.25, 0.3) is 0 Å². The van der Waals surface area contributed by atoms with Gasteiger partial charge in [-0.05, 0) is 12.0 Å². The van der Waals surface area contributed by atoms with E-state index >= 15 is 0 Å². The van der Waals surface area contributed by atoms with Crippen LogP contribution in [0.2, 0.25) is 0 Å². The molecule has 0 aliphatic carbocycles. The molecule has 2 unspecified atom stereocenters. The summed E-state index contributed by atoms with van der Waals surface area (Å²) in [5.74, 6) is 0.500. The first kappa shape index (κ1) is 11.9. The number of likely N-dealkylation sites (tertiary alicyclic amines) is 1. The third kappa shape index (κ3) is 2.47. The van der Waals surface area contributed by atoms with Crippen LogP contribution < -0.4 is 0 Å². The fourth-order valence-electron chi connectivity index (χ4n) is 2.99. The van der Waals surface area contributed by atoms with E-state index in [1.54, 1.807) is 0 Å². The third-order valence-corrected chi connectivity index (χ3v) is 3.98. The average molecular weight is 245 g/mol. The fraction of sp³-hybridized carbons (Fsp3) is 0.533. The van der Waals surface area contributed by atoms with Gasteiger partial charge in [0.15, 0.2) is 0 Å². The molecule has 0 N–H and O–H groups in total. The Bertz CT molecular complexity index is 418. The number of carbonyl (C=O) groups excluding carboxylic acids is 1. The number of piperidine rings is 1. The highest BCUT2D eigenvalue weighted by molar-refractivity contribution is 5.82. The number of ketones is 1. The van der Waals surface area contributed by atoms with Gasteiger partial charge in [0.05, 0.1) is 18.6 Å². The summed E-state index contributed by atoms with van der Waals surface area (Å²) in [7, 11) is 0. The maximum absolute atomic E-state index is 11.9. The summed E-state index contributed by atoms with van der Waals surface area (Å²) >= 11 is 0. The molecular weight excluding hydrogens is 226 g/mol. The van der Waals surface area contributed by atoms with E-state index in [0.29, 0.717) is 18.8 Å². The van der Waals surface area contributed by atoms with E-state index in [1.807, 2.05) is 6.07 Å². The summed E-state index contributed by atoms with van der Waals surface area (Å²) in [5.41, 5.74) is 1.32. The Morgan fingerprint density at radius 3 is 2.94 bits per heavy atom. The van der Waals surface area contributed by atoms with Gasteiger partial charge in [-0.25, -0.2) is 0 Å². The van der Waals surface area contributed by atoms with Crippen molar-refractivity contribution >= 4 is 5.78 Å². The van der Waals surface area contributed by atoms with Gasteiger partial charge in [-0.15, -0.1) is 0 Å². The van der Waals surface area contributed by atoms with Crippen molar-refractivity contribution in [3.63, 3.8) is 0 Å². The van der Waals surface area contributed by atoms with Crippen LogP contribution in [-0.4, -0.2) is 36.5 Å². The van der Waals surface area contributed by atoms with Crippen LogP contribution in [-0.2, 0) is 16.1 Å². The van der Waals surface area contributed by atoms with Crippen LogP contribution in [0.1, 0.15) is 18.4 Å². The van der Waals surface area contributed by atoms with Crippen LogP contribution in [0, 0.1) is 5.92 Å². The number of hydrogen-bond acceptors (Lipinski definition) is 3. The SMILES string of the molecule is O=C1CCOC2CCN(Cc3ccccc3)CC12. The first-order valence-corrected chi connectivity index (χ1v) is 6.73. The minimum absolute atomic E-state index is 0.108. The Labute approximate surface area is 108 Å². The molecule has 2 aliphatic rings. The predicted molar refractivity (Wildman–Crippen MR) is 69.2 cm³/mol. The zero-order valence-corrected chi connectivity index (χ0v) is 10.5. The molecule has 3 rings (SSSR count). The highest BCUT2D eigenvalue weighted by atomic mass is 16.5. The van der Waals surface area contributed by atoms with Gasteiger partial charge in [-0.3, -0.25) is 9.69 Å². The van der Waals surface area contributed by atoms with E-state index in [9.17, 15) is 4.79 Å². The van der Waals surface area contributed by atoms with Crippen molar-refractivity contribution in [2.45, 2.75) is 25.5 Å². The van der Waals surface area contributed by atoms with Crippen LogP contribution in [0.3, 0.4) is 0 Å². The molecule has 2 atom stereocenters. The Morgan fingerprint density at radius 2 is 2.11 bits per heavy atom. The smallest absolute Gasteiger partial charge is 0.142 e. The highest BCUT2D eigenvalue weighted by Gasteiger charge is 2.37. The Morgan fingerprint density at radius 1 is 1.28 bits per heavy atom. The minimum Gasteiger partial charge on any atom is -0.377 e. The van der Waals surface area contributed by atoms with Crippen molar-refractivity contribution in [2.24, 2.45) is 5.92 Å². The molecule has 1 aromatic rings. The van der Waals surface area contributed by atoms with Gasteiger partial charge >= 0.3 is 0 Å². The highest BCUT2D eigenvalue weighted by Crippen LogP contribution is 2.26. The molecule has 0 radical (unpaired) electrons. The molecule has 2 heterocycles. The van der Waals surface area contributed by atoms with E-state index in [1.165, 1.54) is 5.56 Å². The van der Waals surface area contributed by atoms with Crippen molar-refractivity contribution in [1.82, 2.24) is 4.90 Å². The lowest BCUT2D eigenvalue weighted by molar-refractivity contribution is -0.143. The van der Waals surface area contributed by atoms with Crippen LogP contribution >= 0.6 is 0 Å². The molecule has 2 saturated heterocycles. The average Bonchev–Trinajstić information content (AvgIpc) is 2.41. The molecule has 1 aromatic carbocycles. The first-order valence-electron chi connectivity index (χ1n) is 6.73. The second-order valence-corrected chi connectivity index (χ2v) is 5.24. The van der Waals surface area contributed by atoms with Crippen molar-refractivity contribution < 1.29 is 9.53 Å². The molecule has 2 aliphatic heterocycles. The lowest BCUT2D eigenvalue weighted by Gasteiger charge is -2.40. The monoisotopic (exact) mass is 245 g/mol. The zero-order valence-electron chi connectivity index (χ0n) is 10.5. The van der Waals surface area contributed by atoms with E-state index in [-0.39, 0.29) is 12.0 Å². The van der Waals surface area contributed by atoms with Gasteiger partial charge < -0.3 is 4.74 Å². The third-order valence-electron chi connectivity index (χ3n) is 3.98. The van der Waals surface area contributed by atoms with Crippen LogP contribution in [0.5, 0.6) is 0 Å². The van der Waals surface area contributed by atoms with Gasteiger partial charge in [0.2, 0.25) is 0 Å². The maximum atomic E-state index is 11.9. The number of Topliss-reactive ketones (excluding diaryl/α,β-unsaturated/α-hetero) is 1. The van der Waals surface area contributed by atoms with Gasteiger partial charge in [0.1, 0.15) is 5.78 Å². The zero-order chi connectivity index (χ0) is 12.4. The van der Waals surface area contributed by atoms with Crippen LogP contribution in [0.25, 0.3) is 0 Å². The number of carbonyl (C=O) groups is 1. The summed E-state index contributed by atoms with van der Waals surface area (Å²) in [4.78, 5) is 14.3. The minimum atomic E-state index is 0.108. The molecule has 3 nitrogen and oxygen atoms in total. The van der Waals surface area contributed by atoms with E-state index in [2.05, 4.69) is 29.2 Å². The Balaban J connectivity index is 1.64. The molecule has 0 saturated carbocycles.